The summed E-state index contributed by atoms with van der Waals surface area (Å²) in [6.45, 7) is 0.601. The van der Waals surface area contributed by atoms with Crippen LogP contribution in [0.15, 0.2) is 36.4 Å². The van der Waals surface area contributed by atoms with E-state index in [1.807, 2.05) is 30.3 Å². The molecule has 0 saturated heterocycles. The van der Waals surface area contributed by atoms with Gasteiger partial charge in [0.25, 0.3) is 0 Å². The molecule has 2 aromatic rings. The predicted octanol–water partition coefficient (Wildman–Crippen LogP) is 2.12. The largest absolute Gasteiger partial charge is 0.395 e. The van der Waals surface area contributed by atoms with Gasteiger partial charge in [0.15, 0.2) is 0 Å². The molecular weight excluding hydrogens is 200 g/mol. The van der Waals surface area contributed by atoms with Crippen molar-refractivity contribution < 1.29 is 5.11 Å². The Labute approximate surface area is 93.9 Å². The summed E-state index contributed by atoms with van der Waals surface area (Å²) in [6, 6.07) is 13.6. The maximum atomic E-state index is 8.99. The molecule has 0 saturated carbocycles. The van der Waals surface area contributed by atoms with Crippen molar-refractivity contribution in [1.29, 1.82) is 5.26 Å². The molecule has 0 radical (unpaired) electrons. The number of anilines is 1. The Morgan fingerprint density at radius 2 is 1.88 bits per heavy atom. The third-order valence-corrected chi connectivity index (χ3v) is 2.47. The number of benzene rings is 2. The zero-order valence-electron chi connectivity index (χ0n) is 8.77. The monoisotopic (exact) mass is 212 g/mol. The van der Waals surface area contributed by atoms with Crippen LogP contribution in [-0.2, 0) is 0 Å². The Morgan fingerprint density at radius 3 is 2.56 bits per heavy atom. The molecule has 0 aliphatic rings. The smallest absolute Gasteiger partial charge is 0.0998 e. The Kier molecular flexibility index (Phi) is 3.04. The van der Waals surface area contributed by atoms with E-state index in [4.69, 9.17) is 10.4 Å². The van der Waals surface area contributed by atoms with Crippen LogP contribution in [0.2, 0.25) is 0 Å². The van der Waals surface area contributed by atoms with Crippen molar-refractivity contribution in [2.75, 3.05) is 18.5 Å². The van der Waals surface area contributed by atoms with Crippen LogP contribution in [0.1, 0.15) is 5.56 Å². The van der Waals surface area contributed by atoms with Gasteiger partial charge in [-0.3, -0.25) is 0 Å². The Hall–Kier alpha value is -2.05. The lowest BCUT2D eigenvalue weighted by Crippen LogP contribution is -2.05. The van der Waals surface area contributed by atoms with E-state index in [0.717, 1.165) is 16.5 Å². The molecule has 2 rings (SSSR count). The van der Waals surface area contributed by atoms with Gasteiger partial charge in [0.2, 0.25) is 0 Å². The molecule has 0 aliphatic carbocycles. The van der Waals surface area contributed by atoms with E-state index in [1.54, 1.807) is 6.07 Å². The minimum absolute atomic E-state index is 0.0916. The van der Waals surface area contributed by atoms with Gasteiger partial charge in [0, 0.05) is 23.0 Å². The minimum Gasteiger partial charge on any atom is -0.395 e. The van der Waals surface area contributed by atoms with Gasteiger partial charge in [-0.05, 0) is 12.1 Å². The van der Waals surface area contributed by atoms with Gasteiger partial charge < -0.3 is 10.4 Å². The number of aliphatic hydroxyl groups is 1. The summed E-state index contributed by atoms with van der Waals surface area (Å²) in [5, 5.41) is 22.9. The van der Waals surface area contributed by atoms with E-state index in [1.165, 1.54) is 0 Å². The van der Waals surface area contributed by atoms with Gasteiger partial charge in [0.05, 0.1) is 18.2 Å². The predicted molar refractivity (Wildman–Crippen MR) is 64.2 cm³/mol. The van der Waals surface area contributed by atoms with Gasteiger partial charge in [0.1, 0.15) is 0 Å². The topological polar surface area (TPSA) is 56.0 Å². The van der Waals surface area contributed by atoms with E-state index < -0.39 is 0 Å². The quantitative estimate of drug-likeness (QED) is 0.819. The Balaban J connectivity index is 2.57. The van der Waals surface area contributed by atoms with Crippen LogP contribution >= 0.6 is 0 Å². The molecule has 0 aromatic heterocycles. The van der Waals surface area contributed by atoms with Crippen LogP contribution in [0.3, 0.4) is 0 Å². The van der Waals surface area contributed by atoms with E-state index in [9.17, 15) is 0 Å². The number of hydrogen-bond donors (Lipinski definition) is 2. The fraction of sp³-hybridized carbons (Fsp3) is 0.154. The van der Waals surface area contributed by atoms with E-state index in [2.05, 4.69) is 11.4 Å². The van der Waals surface area contributed by atoms with Crippen molar-refractivity contribution >= 4 is 16.5 Å². The second kappa shape index (κ2) is 4.65. The average molecular weight is 212 g/mol. The summed E-state index contributed by atoms with van der Waals surface area (Å²) < 4.78 is 0. The molecule has 80 valence electrons. The standard InChI is InChI=1S/C13H12N2O/c14-9-10-5-6-13(15-7-8-16)12-4-2-1-3-11(10)12/h1-6,15-16H,7-8H2. The lowest BCUT2D eigenvalue weighted by molar-refractivity contribution is 0.311. The van der Waals surface area contributed by atoms with E-state index >= 15 is 0 Å². The summed E-state index contributed by atoms with van der Waals surface area (Å²) in [5.41, 5.74) is 1.62. The molecule has 0 atom stereocenters. The highest BCUT2D eigenvalue weighted by molar-refractivity contribution is 5.97. The first kappa shape index (κ1) is 10.5. The average Bonchev–Trinajstić information content (AvgIpc) is 2.36. The molecule has 0 bridgehead atoms. The first-order valence-electron chi connectivity index (χ1n) is 5.13. The molecule has 2 N–H and O–H groups in total. The Morgan fingerprint density at radius 1 is 1.12 bits per heavy atom. The maximum absolute atomic E-state index is 8.99. The maximum Gasteiger partial charge on any atom is 0.0998 e. The van der Waals surface area contributed by atoms with Crippen LogP contribution in [-0.4, -0.2) is 18.3 Å². The molecule has 0 heterocycles. The molecule has 0 unspecified atom stereocenters. The summed E-state index contributed by atoms with van der Waals surface area (Å²) in [6.07, 6.45) is 0. The molecule has 0 fully saturated rings. The van der Waals surface area contributed by atoms with Crippen molar-refractivity contribution in [3.63, 3.8) is 0 Å². The van der Waals surface area contributed by atoms with Gasteiger partial charge >= 0.3 is 0 Å². The normalized spacial score (nSPS) is 10.0. The molecule has 3 heteroatoms. The van der Waals surface area contributed by atoms with Crippen LogP contribution in [0.5, 0.6) is 0 Å². The van der Waals surface area contributed by atoms with Crippen LogP contribution in [0.4, 0.5) is 5.69 Å². The highest BCUT2D eigenvalue weighted by Gasteiger charge is 2.04. The summed E-state index contributed by atoms with van der Waals surface area (Å²) in [4.78, 5) is 0. The SMILES string of the molecule is N#Cc1ccc(NCCO)c2ccccc12. The fourth-order valence-corrected chi connectivity index (χ4v) is 1.74. The molecule has 2 aromatic carbocycles. The van der Waals surface area contributed by atoms with Crippen molar-refractivity contribution in [1.82, 2.24) is 0 Å². The second-order valence-electron chi connectivity index (χ2n) is 3.47. The van der Waals surface area contributed by atoms with Gasteiger partial charge in [-0.25, -0.2) is 0 Å². The summed E-state index contributed by atoms with van der Waals surface area (Å²) in [7, 11) is 0. The van der Waals surface area contributed by atoms with Gasteiger partial charge in [-0.1, -0.05) is 24.3 Å². The minimum atomic E-state index is 0.0916. The third kappa shape index (κ3) is 1.83. The van der Waals surface area contributed by atoms with Crippen molar-refractivity contribution in [2.45, 2.75) is 0 Å². The molecule has 0 amide bonds. The number of rotatable bonds is 3. The number of nitrogens with zero attached hydrogens (tertiary/aromatic N) is 1. The van der Waals surface area contributed by atoms with Crippen molar-refractivity contribution in [3.05, 3.63) is 42.0 Å². The lowest BCUT2D eigenvalue weighted by Gasteiger charge is -2.09. The fourth-order valence-electron chi connectivity index (χ4n) is 1.74. The first-order valence-corrected chi connectivity index (χ1v) is 5.13. The first-order chi connectivity index (χ1) is 7.86. The second-order valence-corrected chi connectivity index (χ2v) is 3.47. The summed E-state index contributed by atoms with van der Waals surface area (Å²) >= 11 is 0. The van der Waals surface area contributed by atoms with Crippen LogP contribution in [0, 0.1) is 11.3 Å². The number of nitriles is 1. The van der Waals surface area contributed by atoms with Crippen molar-refractivity contribution in [3.8, 4) is 6.07 Å². The molecular formula is C13H12N2O. The zero-order chi connectivity index (χ0) is 11.4. The van der Waals surface area contributed by atoms with E-state index in [0.29, 0.717) is 12.1 Å². The van der Waals surface area contributed by atoms with Crippen LogP contribution in [0.25, 0.3) is 10.8 Å². The van der Waals surface area contributed by atoms with Gasteiger partial charge in [-0.15, -0.1) is 0 Å². The van der Waals surface area contributed by atoms with E-state index in [-0.39, 0.29) is 6.61 Å². The number of aliphatic hydroxyl groups excluding tert-OH is 1. The molecule has 0 aliphatic heterocycles. The number of hydrogen-bond acceptors (Lipinski definition) is 3. The summed E-state index contributed by atoms with van der Waals surface area (Å²) in [5.74, 6) is 0. The molecule has 3 nitrogen and oxygen atoms in total. The number of nitrogens with one attached hydrogen (secondary N) is 1. The highest BCUT2D eigenvalue weighted by Crippen LogP contribution is 2.25. The zero-order valence-corrected chi connectivity index (χ0v) is 8.77. The highest BCUT2D eigenvalue weighted by atomic mass is 16.3. The third-order valence-electron chi connectivity index (χ3n) is 2.47. The Bertz CT molecular complexity index is 543. The lowest BCUT2D eigenvalue weighted by atomic mass is 10.0. The van der Waals surface area contributed by atoms with Gasteiger partial charge in [-0.2, -0.15) is 5.26 Å². The van der Waals surface area contributed by atoms with Crippen LogP contribution < -0.4 is 5.32 Å². The molecule has 0 spiro atoms. The molecule has 16 heavy (non-hydrogen) atoms. The van der Waals surface area contributed by atoms with Crippen molar-refractivity contribution in [2.24, 2.45) is 0 Å². The number of fused-ring (bicyclic) bond motifs is 1.